The largest absolute Gasteiger partial charge is 0.411 e. The summed E-state index contributed by atoms with van der Waals surface area (Å²) in [6, 6.07) is 15.7. The van der Waals surface area contributed by atoms with Crippen LogP contribution in [0.25, 0.3) is 22.4 Å². The van der Waals surface area contributed by atoms with Crippen LogP contribution in [-0.4, -0.2) is 26.2 Å². The molecule has 0 aliphatic rings. The maximum atomic E-state index is 13.0. The number of hydrogen-bond acceptors (Lipinski definition) is 5. The molecule has 0 amide bonds. The molecule has 4 aromatic rings. The van der Waals surface area contributed by atoms with Gasteiger partial charge in [0.2, 0.25) is 5.89 Å². The third kappa shape index (κ3) is 3.40. The number of H-pyrrole nitrogens is 1. The Morgan fingerprint density at radius 3 is 2.59 bits per heavy atom. The summed E-state index contributed by atoms with van der Waals surface area (Å²) in [7, 11) is 0. The van der Waals surface area contributed by atoms with Gasteiger partial charge in [-0.25, -0.2) is 0 Å². The van der Waals surface area contributed by atoms with E-state index in [4.69, 9.17) is 4.42 Å². The van der Waals surface area contributed by atoms with Crippen molar-refractivity contribution in [1.29, 1.82) is 0 Å². The number of aryl methyl sites for hydroxylation is 2. The van der Waals surface area contributed by atoms with Gasteiger partial charge in [0.15, 0.2) is 5.78 Å². The second-order valence-corrected chi connectivity index (χ2v) is 7.83. The van der Waals surface area contributed by atoms with Gasteiger partial charge < -0.3 is 9.40 Å². The number of nitrogens with zero attached hydrogens (tertiary/aromatic N) is 2. The zero-order valence-corrected chi connectivity index (χ0v) is 16.1. The number of fused-ring (bicyclic) bond motifs is 1. The fraction of sp³-hybridized carbons (Fsp3) is 0.190. The quantitative estimate of drug-likeness (QED) is 0.382. The van der Waals surface area contributed by atoms with E-state index in [9.17, 15) is 4.79 Å². The highest BCUT2D eigenvalue weighted by Gasteiger charge is 2.24. The highest BCUT2D eigenvalue weighted by molar-refractivity contribution is 8.00. The van der Waals surface area contributed by atoms with Crippen LogP contribution in [0.15, 0.2) is 58.2 Å². The lowest BCUT2D eigenvalue weighted by molar-refractivity contribution is 0.0994. The Labute approximate surface area is 161 Å². The predicted molar refractivity (Wildman–Crippen MR) is 107 cm³/mol. The molecule has 2 aromatic carbocycles. The maximum Gasteiger partial charge on any atom is 0.277 e. The number of thioether (sulfide) groups is 1. The molecule has 0 aliphatic carbocycles. The molecule has 1 N–H and O–H groups in total. The van der Waals surface area contributed by atoms with E-state index in [1.165, 1.54) is 17.3 Å². The van der Waals surface area contributed by atoms with E-state index in [1.807, 2.05) is 69.3 Å². The summed E-state index contributed by atoms with van der Waals surface area (Å²) >= 11 is 1.28. The summed E-state index contributed by atoms with van der Waals surface area (Å²) in [6.07, 6.45) is 0. The molecule has 0 saturated heterocycles. The number of benzene rings is 2. The zero-order valence-electron chi connectivity index (χ0n) is 15.3. The molecule has 0 fully saturated rings. The number of hydrogen-bond donors (Lipinski definition) is 1. The highest BCUT2D eigenvalue weighted by atomic mass is 32.2. The van der Waals surface area contributed by atoms with Crippen molar-refractivity contribution in [2.24, 2.45) is 0 Å². The van der Waals surface area contributed by atoms with Gasteiger partial charge in [-0.15, -0.1) is 10.2 Å². The summed E-state index contributed by atoms with van der Waals surface area (Å²) in [6.45, 7) is 5.82. The van der Waals surface area contributed by atoms with Crippen LogP contribution in [0, 0.1) is 13.8 Å². The average Bonchev–Trinajstić information content (AvgIpc) is 3.25. The lowest BCUT2D eigenvalue weighted by atomic mass is 10.1. The smallest absolute Gasteiger partial charge is 0.277 e. The van der Waals surface area contributed by atoms with Crippen LogP contribution in [0.1, 0.15) is 28.5 Å². The van der Waals surface area contributed by atoms with Crippen LogP contribution in [0.4, 0.5) is 0 Å². The Morgan fingerprint density at radius 2 is 1.81 bits per heavy atom. The summed E-state index contributed by atoms with van der Waals surface area (Å²) < 4.78 is 5.75. The van der Waals surface area contributed by atoms with Crippen molar-refractivity contribution in [1.82, 2.24) is 15.2 Å². The van der Waals surface area contributed by atoms with E-state index in [1.54, 1.807) is 0 Å². The molecule has 27 heavy (non-hydrogen) atoms. The molecule has 0 saturated carbocycles. The molecular weight excluding hydrogens is 358 g/mol. The van der Waals surface area contributed by atoms with Crippen molar-refractivity contribution in [3.05, 3.63) is 65.4 Å². The molecule has 1 atom stereocenters. The maximum absolute atomic E-state index is 13.0. The first-order chi connectivity index (χ1) is 13.0. The van der Waals surface area contributed by atoms with Gasteiger partial charge in [0.05, 0.1) is 5.25 Å². The molecule has 136 valence electrons. The van der Waals surface area contributed by atoms with Gasteiger partial charge >= 0.3 is 0 Å². The topological polar surface area (TPSA) is 71.8 Å². The molecule has 0 radical (unpaired) electrons. The molecule has 2 heterocycles. The fourth-order valence-electron chi connectivity index (χ4n) is 3.07. The van der Waals surface area contributed by atoms with Crippen molar-refractivity contribution in [2.75, 3.05) is 0 Å². The normalized spacial score (nSPS) is 12.4. The summed E-state index contributed by atoms with van der Waals surface area (Å²) in [5.41, 5.74) is 4.60. The van der Waals surface area contributed by atoms with Crippen LogP contribution in [-0.2, 0) is 0 Å². The highest BCUT2D eigenvalue weighted by Crippen LogP contribution is 2.30. The van der Waals surface area contributed by atoms with Gasteiger partial charge in [0.25, 0.3) is 5.22 Å². The van der Waals surface area contributed by atoms with E-state index < -0.39 is 0 Å². The van der Waals surface area contributed by atoms with E-state index >= 15 is 0 Å². The number of aromatic nitrogens is 3. The van der Waals surface area contributed by atoms with Crippen molar-refractivity contribution < 1.29 is 9.21 Å². The van der Waals surface area contributed by atoms with Crippen LogP contribution in [0.3, 0.4) is 0 Å². The second kappa shape index (κ2) is 7.04. The summed E-state index contributed by atoms with van der Waals surface area (Å²) in [5, 5.41) is 9.19. The van der Waals surface area contributed by atoms with Crippen LogP contribution < -0.4 is 0 Å². The number of para-hydroxylation sites is 1. The first-order valence-electron chi connectivity index (χ1n) is 8.71. The van der Waals surface area contributed by atoms with E-state index in [-0.39, 0.29) is 11.0 Å². The van der Waals surface area contributed by atoms with Gasteiger partial charge in [-0.1, -0.05) is 47.7 Å². The minimum absolute atomic E-state index is 0.0463. The third-order valence-electron chi connectivity index (χ3n) is 4.49. The Hall–Kier alpha value is -2.86. The first-order valence-corrected chi connectivity index (χ1v) is 9.59. The number of carbonyl (C=O) groups excluding carboxylic acids is 1. The molecule has 2 aromatic heterocycles. The van der Waals surface area contributed by atoms with E-state index in [0.717, 1.165) is 27.7 Å². The van der Waals surface area contributed by atoms with Gasteiger partial charge in [0.1, 0.15) is 0 Å². The molecule has 0 bridgehead atoms. The lowest BCUT2D eigenvalue weighted by Gasteiger charge is -2.07. The van der Waals surface area contributed by atoms with Gasteiger partial charge in [-0.3, -0.25) is 4.79 Å². The Bertz CT molecular complexity index is 1110. The minimum atomic E-state index is -0.339. The molecule has 4 rings (SSSR count). The molecule has 5 nitrogen and oxygen atoms in total. The standard InChI is InChI=1S/C21H19N3O2S/c1-12-8-10-15(11-9-12)20-23-24-21(26-20)27-14(3)19(25)18-13(2)22-17-7-5-4-6-16(17)18/h4-11,14,22H,1-3H3/t14-/m0/s1. The predicted octanol–water partition coefficient (Wildman–Crippen LogP) is 5.20. The monoisotopic (exact) mass is 377 g/mol. The van der Waals surface area contributed by atoms with Gasteiger partial charge in [0, 0.05) is 27.7 Å². The molecule has 6 heteroatoms. The Balaban J connectivity index is 1.55. The number of nitrogens with one attached hydrogen (secondary N) is 1. The van der Waals surface area contributed by atoms with Crippen molar-refractivity contribution in [3.8, 4) is 11.5 Å². The van der Waals surface area contributed by atoms with Crippen LogP contribution in [0.2, 0.25) is 0 Å². The number of Topliss-reactive ketones (excluding diaryl/α,β-unsaturated/α-hetero) is 1. The molecular formula is C21H19N3O2S. The Kier molecular flexibility index (Phi) is 4.58. The number of carbonyl (C=O) groups is 1. The molecule has 0 aliphatic heterocycles. The van der Waals surface area contributed by atoms with Crippen LogP contribution in [0.5, 0.6) is 0 Å². The number of aromatic amines is 1. The third-order valence-corrected chi connectivity index (χ3v) is 5.43. The number of ketones is 1. The van der Waals surface area contributed by atoms with E-state index in [2.05, 4.69) is 15.2 Å². The SMILES string of the molecule is Cc1ccc(-c2nnc(S[C@@H](C)C(=O)c3c(C)[nH]c4ccccc34)o2)cc1. The van der Waals surface area contributed by atoms with Crippen molar-refractivity contribution in [2.45, 2.75) is 31.2 Å². The minimum Gasteiger partial charge on any atom is -0.411 e. The lowest BCUT2D eigenvalue weighted by Crippen LogP contribution is -2.14. The second-order valence-electron chi connectivity index (χ2n) is 6.53. The van der Waals surface area contributed by atoms with Gasteiger partial charge in [-0.2, -0.15) is 0 Å². The summed E-state index contributed by atoms with van der Waals surface area (Å²) in [4.78, 5) is 16.3. The van der Waals surface area contributed by atoms with Crippen LogP contribution >= 0.6 is 11.8 Å². The van der Waals surface area contributed by atoms with Crippen molar-refractivity contribution in [3.63, 3.8) is 0 Å². The Morgan fingerprint density at radius 1 is 1.07 bits per heavy atom. The van der Waals surface area contributed by atoms with E-state index in [0.29, 0.717) is 11.1 Å². The fourth-order valence-corrected chi connectivity index (χ4v) is 3.81. The van der Waals surface area contributed by atoms with Gasteiger partial charge in [-0.05, 0) is 39.0 Å². The first kappa shape index (κ1) is 17.5. The zero-order chi connectivity index (χ0) is 19.0. The summed E-state index contributed by atoms with van der Waals surface area (Å²) in [5.74, 6) is 0.505. The number of rotatable bonds is 5. The molecule has 0 spiro atoms. The molecule has 0 unspecified atom stereocenters. The average molecular weight is 377 g/mol. The van der Waals surface area contributed by atoms with Crippen molar-refractivity contribution >= 4 is 28.4 Å².